The van der Waals surface area contributed by atoms with Crippen molar-refractivity contribution < 1.29 is 4.42 Å². The largest absolute Gasteiger partial charge is 0.454 e. The lowest BCUT2D eigenvalue weighted by Crippen LogP contribution is -1.95. The molecule has 2 aromatic heterocycles. The lowest BCUT2D eigenvalue weighted by Gasteiger charge is -2.10. The van der Waals surface area contributed by atoms with Gasteiger partial charge in [-0.2, -0.15) is 0 Å². The van der Waals surface area contributed by atoms with Crippen molar-refractivity contribution >= 4 is 60.7 Å². The lowest BCUT2D eigenvalue weighted by atomic mass is 9.99. The van der Waals surface area contributed by atoms with E-state index in [1.807, 2.05) is 30.5 Å². The van der Waals surface area contributed by atoms with Crippen LogP contribution < -0.4 is 0 Å². The van der Waals surface area contributed by atoms with Gasteiger partial charge in [0.25, 0.3) is 0 Å². The van der Waals surface area contributed by atoms with Crippen LogP contribution in [-0.4, -0.2) is 10.8 Å². The average molecular weight is 501 g/mol. The number of para-hydroxylation sites is 2. The molecule has 3 heteroatoms. The number of nitrogens with zero attached hydrogens (tertiary/aromatic N) is 2. The smallest absolute Gasteiger partial charge is 0.160 e. The van der Waals surface area contributed by atoms with Crippen molar-refractivity contribution in [3.05, 3.63) is 139 Å². The molecule has 0 N–H and O–H groups in total. The summed E-state index contributed by atoms with van der Waals surface area (Å²) in [5.74, 6) is 0. The zero-order valence-electron chi connectivity index (χ0n) is 21.2. The van der Waals surface area contributed by atoms with Crippen LogP contribution in [0.1, 0.15) is 11.1 Å². The molecule has 0 aliphatic carbocycles. The number of aromatic nitrogens is 1. The summed E-state index contributed by atoms with van der Waals surface area (Å²) in [6.07, 6.45) is 1.93. The van der Waals surface area contributed by atoms with Crippen molar-refractivity contribution in [1.29, 1.82) is 0 Å². The molecule has 0 saturated heterocycles. The van der Waals surface area contributed by atoms with E-state index < -0.39 is 0 Å². The van der Waals surface area contributed by atoms with E-state index in [-0.39, 0.29) is 0 Å². The fourth-order valence-corrected chi connectivity index (χ4v) is 5.94. The number of benzene rings is 6. The van der Waals surface area contributed by atoms with E-state index >= 15 is 0 Å². The molecule has 0 spiro atoms. The summed E-state index contributed by atoms with van der Waals surface area (Å²) in [7, 11) is 0. The number of furan rings is 1. The Morgan fingerprint density at radius 3 is 2.03 bits per heavy atom. The van der Waals surface area contributed by atoms with Crippen LogP contribution in [0.3, 0.4) is 0 Å². The average Bonchev–Trinajstić information content (AvgIpc) is 3.55. The summed E-state index contributed by atoms with van der Waals surface area (Å²) in [6.45, 7) is 0.640. The van der Waals surface area contributed by atoms with Crippen LogP contribution in [-0.2, 0) is 6.54 Å². The van der Waals surface area contributed by atoms with Crippen molar-refractivity contribution in [2.24, 2.45) is 4.99 Å². The standard InChI is InChI=1S/C36H24N2O/c1-2-10-24(11-3-1)22-37-23-25-18-20-26(21-19-25)38-31-16-8-6-14-29(31)33-27-12-4-5-13-28(27)34-30-15-7-9-17-32(30)39-36(34)35(33)38/h1-22H,23H2. The van der Waals surface area contributed by atoms with Crippen LogP contribution in [0.4, 0.5) is 0 Å². The summed E-state index contributed by atoms with van der Waals surface area (Å²) in [5, 5.41) is 7.23. The third-order valence-electron chi connectivity index (χ3n) is 7.66. The molecular formula is C36H24N2O. The highest BCUT2D eigenvalue weighted by molar-refractivity contribution is 6.34. The molecule has 3 nitrogen and oxygen atoms in total. The Morgan fingerprint density at radius 1 is 0.590 bits per heavy atom. The van der Waals surface area contributed by atoms with Gasteiger partial charge in [-0.05, 0) is 46.2 Å². The molecule has 8 aromatic rings. The number of rotatable bonds is 4. The predicted molar refractivity (Wildman–Crippen MR) is 163 cm³/mol. The molecule has 6 aromatic carbocycles. The fourth-order valence-electron chi connectivity index (χ4n) is 5.94. The first kappa shape index (κ1) is 21.9. The maximum absolute atomic E-state index is 6.64. The third kappa shape index (κ3) is 3.40. The second-order valence-corrected chi connectivity index (χ2v) is 9.97. The first-order valence-electron chi connectivity index (χ1n) is 13.3. The van der Waals surface area contributed by atoms with Gasteiger partial charge in [0, 0.05) is 33.4 Å². The highest BCUT2D eigenvalue weighted by atomic mass is 16.3. The number of aliphatic imine (C=N–C) groups is 1. The van der Waals surface area contributed by atoms with Gasteiger partial charge in [0.05, 0.1) is 17.6 Å². The molecule has 8 rings (SSSR count). The van der Waals surface area contributed by atoms with Gasteiger partial charge in [-0.25, -0.2) is 0 Å². The van der Waals surface area contributed by atoms with Crippen molar-refractivity contribution in [3.63, 3.8) is 0 Å². The van der Waals surface area contributed by atoms with Gasteiger partial charge in [-0.1, -0.05) is 103 Å². The fraction of sp³-hybridized carbons (Fsp3) is 0.0278. The second kappa shape index (κ2) is 8.71. The monoisotopic (exact) mass is 500 g/mol. The molecule has 184 valence electrons. The molecule has 2 heterocycles. The maximum Gasteiger partial charge on any atom is 0.160 e. The Morgan fingerprint density at radius 2 is 1.23 bits per heavy atom. The van der Waals surface area contributed by atoms with E-state index in [1.54, 1.807) is 0 Å². The van der Waals surface area contributed by atoms with Crippen LogP contribution in [0.15, 0.2) is 137 Å². The number of fused-ring (bicyclic) bond motifs is 10. The minimum Gasteiger partial charge on any atom is -0.454 e. The van der Waals surface area contributed by atoms with Gasteiger partial charge in [-0.15, -0.1) is 0 Å². The van der Waals surface area contributed by atoms with Crippen molar-refractivity contribution in [2.45, 2.75) is 6.54 Å². The van der Waals surface area contributed by atoms with Crippen LogP contribution in [0.2, 0.25) is 0 Å². The summed E-state index contributed by atoms with van der Waals surface area (Å²) in [5.41, 5.74) is 7.50. The maximum atomic E-state index is 6.64. The molecule has 0 fully saturated rings. The molecule has 0 saturated carbocycles. The SMILES string of the molecule is C(=NCc1ccc(-n2c3ccccc3c3c4ccccc4c4c5ccccc5oc4c32)cc1)c1ccccc1. The van der Waals surface area contributed by atoms with Gasteiger partial charge >= 0.3 is 0 Å². The van der Waals surface area contributed by atoms with E-state index in [9.17, 15) is 0 Å². The van der Waals surface area contributed by atoms with Crippen molar-refractivity contribution in [2.75, 3.05) is 0 Å². The Balaban J connectivity index is 1.37. The quantitative estimate of drug-likeness (QED) is 0.221. The minimum absolute atomic E-state index is 0.640. The van der Waals surface area contributed by atoms with Crippen molar-refractivity contribution in [1.82, 2.24) is 4.57 Å². The molecule has 39 heavy (non-hydrogen) atoms. The third-order valence-corrected chi connectivity index (χ3v) is 7.66. The first-order valence-corrected chi connectivity index (χ1v) is 13.3. The molecule has 0 bridgehead atoms. The highest BCUT2D eigenvalue weighted by Gasteiger charge is 2.22. The summed E-state index contributed by atoms with van der Waals surface area (Å²) < 4.78 is 9.00. The van der Waals surface area contributed by atoms with Crippen LogP contribution >= 0.6 is 0 Å². The zero-order valence-corrected chi connectivity index (χ0v) is 21.2. The number of hydrogen-bond donors (Lipinski definition) is 0. The Labute approximate surface area is 225 Å². The highest BCUT2D eigenvalue weighted by Crippen LogP contribution is 2.45. The minimum atomic E-state index is 0.640. The van der Waals surface area contributed by atoms with Crippen LogP contribution in [0.25, 0.3) is 60.2 Å². The summed E-state index contributed by atoms with van der Waals surface area (Å²) in [6, 6.07) is 44.7. The molecule has 0 atom stereocenters. The van der Waals surface area contributed by atoms with Gasteiger partial charge in [-0.3, -0.25) is 4.99 Å². The van der Waals surface area contributed by atoms with E-state index in [1.165, 1.54) is 38.0 Å². The Hall–Kier alpha value is -5.15. The van der Waals surface area contributed by atoms with E-state index in [4.69, 9.17) is 4.42 Å². The van der Waals surface area contributed by atoms with Gasteiger partial charge in [0.2, 0.25) is 0 Å². The Bertz CT molecular complexity index is 2180. The first-order chi connectivity index (χ1) is 19.4. The normalized spacial score (nSPS) is 12.1. The van der Waals surface area contributed by atoms with Gasteiger partial charge in [0.1, 0.15) is 5.58 Å². The van der Waals surface area contributed by atoms with E-state index in [2.05, 4.69) is 113 Å². The topological polar surface area (TPSA) is 30.4 Å². The summed E-state index contributed by atoms with van der Waals surface area (Å²) >= 11 is 0. The van der Waals surface area contributed by atoms with Crippen LogP contribution in [0.5, 0.6) is 0 Å². The predicted octanol–water partition coefficient (Wildman–Crippen LogP) is 9.46. The molecule has 0 aliphatic heterocycles. The van der Waals surface area contributed by atoms with E-state index in [0.29, 0.717) is 6.54 Å². The van der Waals surface area contributed by atoms with Crippen molar-refractivity contribution in [3.8, 4) is 5.69 Å². The molecule has 0 radical (unpaired) electrons. The number of hydrogen-bond acceptors (Lipinski definition) is 2. The van der Waals surface area contributed by atoms with Gasteiger partial charge < -0.3 is 8.98 Å². The second-order valence-electron chi connectivity index (χ2n) is 9.97. The molecular weight excluding hydrogens is 476 g/mol. The molecule has 0 aliphatic rings. The van der Waals surface area contributed by atoms with Crippen LogP contribution in [0, 0.1) is 0 Å². The lowest BCUT2D eigenvalue weighted by molar-refractivity contribution is 0.671. The molecule has 0 amide bonds. The van der Waals surface area contributed by atoms with Gasteiger partial charge in [0.15, 0.2) is 5.58 Å². The zero-order chi connectivity index (χ0) is 25.8. The Kier molecular flexibility index (Phi) is 4.89. The van der Waals surface area contributed by atoms with E-state index in [0.717, 1.165) is 33.3 Å². The summed E-state index contributed by atoms with van der Waals surface area (Å²) in [4.78, 5) is 4.66. The molecule has 0 unspecified atom stereocenters.